The third-order valence-electron chi connectivity index (χ3n) is 6.87. The Morgan fingerprint density at radius 1 is 1.07 bits per heavy atom. The first-order valence-electron chi connectivity index (χ1n) is 12.3. The van der Waals surface area contributed by atoms with Crippen molar-refractivity contribution in [3.63, 3.8) is 0 Å². The van der Waals surface area contributed by atoms with Crippen LogP contribution in [0.1, 0.15) is 12.0 Å². The average Bonchev–Trinajstić information content (AvgIpc) is 3.32. The zero-order valence-corrected chi connectivity index (χ0v) is 23.3. The fourth-order valence-corrected chi connectivity index (χ4v) is 5.06. The van der Waals surface area contributed by atoms with Crippen LogP contribution in [0.5, 0.6) is 11.5 Å². The van der Waals surface area contributed by atoms with Gasteiger partial charge in [-0.3, -0.25) is 9.79 Å². The Hall–Kier alpha value is -3.13. The zero-order chi connectivity index (χ0) is 30.0. The molecule has 1 aromatic rings. The number of aliphatic imine (C=N–C) groups is 1. The molecule has 1 fully saturated rings. The molecule has 15 nitrogen and oxygen atoms in total. The number of carbonyl (C=O) groups is 3. The van der Waals surface area contributed by atoms with Gasteiger partial charge in [0.15, 0.2) is 40.3 Å². The van der Waals surface area contributed by atoms with Crippen molar-refractivity contribution in [3.8, 4) is 11.5 Å². The van der Waals surface area contributed by atoms with E-state index >= 15 is 0 Å². The van der Waals surface area contributed by atoms with Gasteiger partial charge in [0.05, 0.1) is 6.61 Å². The molecule has 0 saturated carbocycles. The number of ketones is 1. The van der Waals surface area contributed by atoms with Gasteiger partial charge < -0.3 is 53.2 Å². The average molecular weight is 690 g/mol. The van der Waals surface area contributed by atoms with Gasteiger partial charge in [-0.05, 0) is 29.4 Å². The molecule has 0 radical (unpaired) electrons. The van der Waals surface area contributed by atoms with E-state index in [2.05, 4.69) is 4.99 Å². The third kappa shape index (κ3) is 6.37. The largest absolute Gasteiger partial charge is 0.480 e. The Bertz CT molecular complexity index is 1300. The third-order valence-corrected chi connectivity index (χ3v) is 7.35. The number of aliphatic carboxylic acids is 2. The highest BCUT2D eigenvalue weighted by Crippen LogP contribution is 2.43. The van der Waals surface area contributed by atoms with E-state index in [4.69, 9.17) is 12.5 Å². The number of aliphatic hydroxyl groups excluding tert-OH is 5. The highest BCUT2D eigenvalue weighted by atomic mass is 127. The van der Waals surface area contributed by atoms with Crippen LogP contribution in [0, 0.1) is 0 Å². The van der Waals surface area contributed by atoms with E-state index in [1.807, 2.05) is 0 Å². The molecular formula is C25H27IN2O13. The number of aliphatic hydroxyl groups is 5. The van der Waals surface area contributed by atoms with Crippen LogP contribution < -0.4 is 12.7 Å². The number of dihydropyridines is 1. The molecule has 0 bridgehead atoms. The summed E-state index contributed by atoms with van der Waals surface area (Å²) in [6, 6.07) is 0.765. The van der Waals surface area contributed by atoms with Crippen LogP contribution in [0.15, 0.2) is 41.1 Å². The maximum Gasteiger partial charge on any atom is 0.354 e. The molecule has 0 aromatic heterocycles. The highest BCUT2D eigenvalue weighted by molar-refractivity contribution is 14.1. The van der Waals surface area contributed by atoms with Gasteiger partial charge in [-0.1, -0.05) is 0 Å². The van der Waals surface area contributed by atoms with Crippen molar-refractivity contribution in [2.75, 3.05) is 18.1 Å². The lowest BCUT2D eigenvalue weighted by atomic mass is 9.98. The van der Waals surface area contributed by atoms with Crippen LogP contribution in [0.2, 0.25) is 0 Å². The summed E-state index contributed by atoms with van der Waals surface area (Å²) >= 11 is 1.57. The topological polar surface area (TPSA) is 236 Å². The molecule has 3 aliphatic heterocycles. The van der Waals surface area contributed by atoms with Gasteiger partial charge in [-0.2, -0.15) is 0 Å². The van der Waals surface area contributed by atoms with Crippen molar-refractivity contribution in [2.24, 2.45) is 4.99 Å². The number of Topliss-reactive ketones (excluding diaryl/α,β-unsaturated/α-hetero) is 1. The molecule has 0 aliphatic carbocycles. The van der Waals surface area contributed by atoms with Crippen LogP contribution in [0.3, 0.4) is 0 Å². The lowest BCUT2D eigenvalue weighted by Crippen LogP contribution is -2.60. The number of nitrogens with zero attached hydrogens (tertiary/aromatic N) is 2. The van der Waals surface area contributed by atoms with Crippen LogP contribution in [-0.4, -0.2) is 115 Å². The molecular weight excluding hydrogens is 663 g/mol. The maximum atomic E-state index is 12.1. The minimum Gasteiger partial charge on any atom is -0.480 e. The molecule has 16 heteroatoms. The van der Waals surface area contributed by atoms with Crippen molar-refractivity contribution in [2.45, 2.75) is 55.6 Å². The number of fused-ring (bicyclic) bond motifs is 1. The molecule has 4 rings (SSSR count). The number of anilines is 1. The fraction of sp³-hybridized carbons (Fsp3) is 0.440. The lowest BCUT2D eigenvalue weighted by Gasteiger charge is -2.39. The monoisotopic (exact) mass is 690 g/mol. The minimum atomic E-state index is -1.68. The van der Waals surface area contributed by atoms with E-state index in [0.29, 0.717) is 16.8 Å². The molecule has 0 unspecified atom stereocenters. The van der Waals surface area contributed by atoms with Crippen molar-refractivity contribution in [1.82, 2.24) is 0 Å². The van der Waals surface area contributed by atoms with E-state index in [1.54, 1.807) is 23.0 Å². The standard InChI is InChI=1S/C25H27IN2O13/c26-41-18-7-14-11(6-17(18)39-25-22(34)21(33)20(32)19(9-30)40-25)5-15(24(37)38)28(14)2-1-10-3-12(16(31)8-29)27-13(4-10)23(35)36/h1-2,4,6-7,12,15,19-22,25,29-30,32-34H,3,5,8-9H2,(H,35,36)(H,37,38)/b2-1+/t12-,15-,19+,20+,21-,22+,25+/m0/s1. The summed E-state index contributed by atoms with van der Waals surface area (Å²) in [5, 5.41) is 68.3. The number of rotatable bonds is 10. The summed E-state index contributed by atoms with van der Waals surface area (Å²) in [7, 11) is 0. The van der Waals surface area contributed by atoms with Gasteiger partial charge in [0, 0.05) is 30.8 Å². The summed E-state index contributed by atoms with van der Waals surface area (Å²) in [6.07, 6.45) is -3.49. The van der Waals surface area contributed by atoms with Crippen LogP contribution in [0.4, 0.5) is 5.69 Å². The SMILES string of the molecule is O=C(O)C1=N[C@H](C(=O)CO)CC(/C=C/N2c3cc(OI)c(O[C@@H]4O[C@H](CO)[C@@H](O)[C@H](O)[C@H]4O)cc3C[C@H]2C(=O)O)=C1. The number of hydrogen-bond donors (Lipinski definition) is 7. The Morgan fingerprint density at radius 2 is 1.80 bits per heavy atom. The summed E-state index contributed by atoms with van der Waals surface area (Å²) in [4.78, 5) is 40.9. The second kappa shape index (κ2) is 12.8. The van der Waals surface area contributed by atoms with Gasteiger partial charge in [0.25, 0.3) is 0 Å². The molecule has 3 heterocycles. The molecule has 0 amide bonds. The Kier molecular flexibility index (Phi) is 9.62. The van der Waals surface area contributed by atoms with Crippen molar-refractivity contribution < 1.29 is 62.7 Å². The lowest BCUT2D eigenvalue weighted by molar-refractivity contribution is -0.277. The van der Waals surface area contributed by atoms with Crippen molar-refractivity contribution in [3.05, 3.63) is 41.6 Å². The molecule has 7 atom stereocenters. The summed E-state index contributed by atoms with van der Waals surface area (Å²) < 4.78 is 16.5. The van der Waals surface area contributed by atoms with Gasteiger partial charge in [-0.15, -0.1) is 0 Å². The second-order valence-corrected chi connectivity index (χ2v) is 9.92. The zero-order valence-electron chi connectivity index (χ0n) is 21.1. The first kappa shape index (κ1) is 30.8. The predicted molar refractivity (Wildman–Crippen MR) is 146 cm³/mol. The van der Waals surface area contributed by atoms with E-state index in [1.165, 1.54) is 35.4 Å². The van der Waals surface area contributed by atoms with Gasteiger partial charge >= 0.3 is 11.9 Å². The number of benzene rings is 1. The fourth-order valence-electron chi connectivity index (χ4n) is 4.71. The number of carbonyl (C=O) groups excluding carboxylic acids is 1. The number of carboxylic acids is 2. The Labute approximate surface area is 246 Å². The van der Waals surface area contributed by atoms with Crippen LogP contribution in [0.25, 0.3) is 0 Å². The maximum absolute atomic E-state index is 12.1. The Morgan fingerprint density at radius 3 is 2.41 bits per heavy atom. The molecule has 1 aromatic carbocycles. The summed E-state index contributed by atoms with van der Waals surface area (Å²) in [5.41, 5.74) is 0.898. The molecule has 3 aliphatic rings. The van der Waals surface area contributed by atoms with Crippen molar-refractivity contribution in [1.29, 1.82) is 0 Å². The number of hydrogen-bond acceptors (Lipinski definition) is 13. The van der Waals surface area contributed by atoms with E-state index in [-0.39, 0.29) is 30.1 Å². The Balaban J connectivity index is 1.64. The van der Waals surface area contributed by atoms with Gasteiger partial charge in [-0.25, -0.2) is 9.59 Å². The smallest absolute Gasteiger partial charge is 0.354 e. The quantitative estimate of drug-likeness (QED) is 0.142. The number of ether oxygens (including phenoxy) is 2. The van der Waals surface area contributed by atoms with Gasteiger partial charge in [0.2, 0.25) is 6.29 Å². The highest BCUT2D eigenvalue weighted by Gasteiger charge is 2.45. The minimum absolute atomic E-state index is 0.000898. The summed E-state index contributed by atoms with van der Waals surface area (Å²) in [6.45, 7) is -1.47. The summed E-state index contributed by atoms with van der Waals surface area (Å²) in [5.74, 6) is -3.07. The van der Waals surface area contributed by atoms with Crippen molar-refractivity contribution >= 4 is 52.1 Å². The molecule has 7 N–H and O–H groups in total. The van der Waals surface area contributed by atoms with Crippen LogP contribution in [-0.2, 0) is 25.5 Å². The molecule has 1 saturated heterocycles. The van der Waals surface area contributed by atoms with E-state index in [9.17, 15) is 50.1 Å². The number of carboxylic acid groups (broad SMARTS) is 2. The number of halogens is 1. The first-order chi connectivity index (χ1) is 19.5. The van der Waals surface area contributed by atoms with E-state index < -0.39 is 73.7 Å². The van der Waals surface area contributed by atoms with Gasteiger partial charge in [0.1, 0.15) is 48.8 Å². The second-order valence-electron chi connectivity index (χ2n) is 9.48. The molecule has 0 spiro atoms. The van der Waals surface area contributed by atoms with Crippen LogP contribution >= 0.6 is 23.0 Å². The first-order valence-corrected chi connectivity index (χ1v) is 13.1. The van der Waals surface area contributed by atoms with E-state index in [0.717, 1.165) is 0 Å². The molecule has 222 valence electrons. The predicted octanol–water partition coefficient (Wildman–Crippen LogP) is -1.29. The number of allylic oxidation sites excluding steroid dienone is 1. The molecule has 41 heavy (non-hydrogen) atoms. The normalized spacial score (nSPS) is 29.5.